The first kappa shape index (κ1) is 12.0. The van der Waals surface area contributed by atoms with Crippen LogP contribution in [0.25, 0.3) is 0 Å². The van der Waals surface area contributed by atoms with Gasteiger partial charge in [0.15, 0.2) is 0 Å². The highest BCUT2D eigenvalue weighted by Gasteiger charge is 2.39. The Hall–Kier alpha value is -1.51. The summed E-state index contributed by atoms with van der Waals surface area (Å²) in [7, 11) is 0. The molecule has 0 fully saturated rings. The number of aromatic hydroxyl groups is 1. The van der Waals surface area contributed by atoms with E-state index in [1.807, 2.05) is 19.9 Å². The van der Waals surface area contributed by atoms with Crippen LogP contribution in [-0.4, -0.2) is 16.2 Å². The van der Waals surface area contributed by atoms with Crippen LogP contribution in [0.4, 0.5) is 0 Å². The molecule has 2 N–H and O–H groups in total. The average molecular weight is 234 g/mol. The van der Waals surface area contributed by atoms with Crippen LogP contribution in [0.3, 0.4) is 0 Å². The van der Waals surface area contributed by atoms with Gasteiger partial charge in [0.05, 0.1) is 6.42 Å². The van der Waals surface area contributed by atoms with Gasteiger partial charge in [-0.25, -0.2) is 0 Å². The predicted octanol–water partition coefficient (Wildman–Crippen LogP) is 2.77. The first-order chi connectivity index (χ1) is 7.98. The number of phenols is 1. The summed E-state index contributed by atoms with van der Waals surface area (Å²) >= 11 is 0. The van der Waals surface area contributed by atoms with E-state index in [0.717, 1.165) is 30.4 Å². The van der Waals surface area contributed by atoms with Gasteiger partial charge < -0.3 is 10.2 Å². The van der Waals surface area contributed by atoms with E-state index in [0.29, 0.717) is 0 Å². The van der Waals surface area contributed by atoms with Gasteiger partial charge in [-0.05, 0) is 48.9 Å². The molecule has 0 amide bonds. The van der Waals surface area contributed by atoms with Crippen molar-refractivity contribution in [3.63, 3.8) is 0 Å². The zero-order chi connectivity index (χ0) is 12.6. The third-order valence-corrected chi connectivity index (χ3v) is 4.03. The number of benzene rings is 1. The molecular formula is C14H18O3. The Morgan fingerprint density at radius 3 is 2.76 bits per heavy atom. The first-order valence-corrected chi connectivity index (χ1v) is 6.03. The fourth-order valence-corrected chi connectivity index (χ4v) is 2.93. The van der Waals surface area contributed by atoms with Crippen molar-refractivity contribution < 1.29 is 15.0 Å². The molecule has 0 saturated carbocycles. The second-order valence-electron chi connectivity index (χ2n) is 5.00. The second kappa shape index (κ2) is 4.06. The topological polar surface area (TPSA) is 57.5 Å². The minimum absolute atomic E-state index is 0.152. The molecule has 1 aliphatic rings. The summed E-state index contributed by atoms with van der Waals surface area (Å²) in [5.41, 5.74) is 2.81. The largest absolute Gasteiger partial charge is 0.508 e. The lowest BCUT2D eigenvalue weighted by atomic mass is 9.76. The smallest absolute Gasteiger partial charge is 0.304 e. The lowest BCUT2D eigenvalue weighted by Gasteiger charge is -2.27. The quantitative estimate of drug-likeness (QED) is 0.845. The molecule has 1 aliphatic carbocycles. The molecule has 92 valence electrons. The maximum absolute atomic E-state index is 11.0. The summed E-state index contributed by atoms with van der Waals surface area (Å²) in [5.74, 6) is -0.492. The number of aryl methyl sites for hydroxylation is 2. The van der Waals surface area contributed by atoms with Crippen LogP contribution >= 0.6 is 0 Å². The summed E-state index contributed by atoms with van der Waals surface area (Å²) < 4.78 is 0. The molecule has 1 aromatic rings. The van der Waals surface area contributed by atoms with Gasteiger partial charge in [0, 0.05) is 5.41 Å². The number of carboxylic acids is 1. The number of carbonyl (C=O) groups is 1. The van der Waals surface area contributed by atoms with Gasteiger partial charge >= 0.3 is 5.97 Å². The SMILES string of the molecule is CCC1(CC(=O)O)CCc2cc(C)c(O)cc21. The maximum atomic E-state index is 11.0. The molecule has 3 nitrogen and oxygen atoms in total. The molecule has 1 aromatic carbocycles. The van der Waals surface area contributed by atoms with Gasteiger partial charge in [-0.1, -0.05) is 13.0 Å². The van der Waals surface area contributed by atoms with Crippen LogP contribution in [0.15, 0.2) is 12.1 Å². The first-order valence-electron chi connectivity index (χ1n) is 6.03. The van der Waals surface area contributed by atoms with Crippen molar-refractivity contribution >= 4 is 5.97 Å². The van der Waals surface area contributed by atoms with E-state index in [4.69, 9.17) is 5.11 Å². The summed E-state index contributed by atoms with van der Waals surface area (Å²) in [4.78, 5) is 11.0. The Morgan fingerprint density at radius 1 is 1.47 bits per heavy atom. The van der Waals surface area contributed by atoms with Crippen molar-refractivity contribution in [2.45, 2.75) is 44.9 Å². The maximum Gasteiger partial charge on any atom is 0.304 e. The molecule has 0 spiro atoms. The monoisotopic (exact) mass is 234 g/mol. The zero-order valence-electron chi connectivity index (χ0n) is 10.3. The van der Waals surface area contributed by atoms with Crippen molar-refractivity contribution in [2.75, 3.05) is 0 Å². The summed E-state index contributed by atoms with van der Waals surface area (Å²) in [6, 6.07) is 3.76. The minimum atomic E-state index is -0.764. The number of rotatable bonds is 3. The van der Waals surface area contributed by atoms with Crippen LogP contribution < -0.4 is 0 Å². The van der Waals surface area contributed by atoms with Crippen molar-refractivity contribution in [2.24, 2.45) is 0 Å². The number of hydrogen-bond donors (Lipinski definition) is 2. The van der Waals surface area contributed by atoms with E-state index in [1.165, 1.54) is 5.56 Å². The number of hydrogen-bond acceptors (Lipinski definition) is 2. The average Bonchev–Trinajstić information content (AvgIpc) is 2.58. The highest BCUT2D eigenvalue weighted by atomic mass is 16.4. The van der Waals surface area contributed by atoms with Crippen LogP contribution in [-0.2, 0) is 16.6 Å². The standard InChI is InChI=1S/C14H18O3/c1-3-14(8-13(16)17)5-4-10-6-9(2)12(15)7-11(10)14/h6-7,15H,3-5,8H2,1-2H3,(H,16,17). The molecule has 0 aliphatic heterocycles. The molecule has 0 bridgehead atoms. The van der Waals surface area contributed by atoms with Gasteiger partial charge in [-0.15, -0.1) is 0 Å². The Bertz CT molecular complexity index is 465. The van der Waals surface area contributed by atoms with Crippen LogP contribution in [0.2, 0.25) is 0 Å². The zero-order valence-corrected chi connectivity index (χ0v) is 10.3. The fourth-order valence-electron chi connectivity index (χ4n) is 2.93. The third kappa shape index (κ3) is 1.90. The van der Waals surface area contributed by atoms with E-state index in [2.05, 4.69) is 0 Å². The van der Waals surface area contributed by atoms with Crippen molar-refractivity contribution in [3.8, 4) is 5.75 Å². The Balaban J connectivity index is 2.50. The summed E-state index contributed by atoms with van der Waals surface area (Å²) in [6.07, 6.45) is 2.74. The molecule has 2 rings (SSSR count). The van der Waals surface area contributed by atoms with Crippen molar-refractivity contribution in [1.29, 1.82) is 0 Å². The molecule has 0 heterocycles. The molecule has 0 saturated heterocycles. The number of aliphatic carboxylic acids is 1. The second-order valence-corrected chi connectivity index (χ2v) is 5.00. The van der Waals surface area contributed by atoms with Crippen LogP contribution in [0, 0.1) is 6.92 Å². The predicted molar refractivity (Wildman–Crippen MR) is 65.4 cm³/mol. The minimum Gasteiger partial charge on any atom is -0.508 e. The van der Waals surface area contributed by atoms with Crippen molar-refractivity contribution in [1.82, 2.24) is 0 Å². The van der Waals surface area contributed by atoms with Gasteiger partial charge in [0.1, 0.15) is 5.75 Å². The molecular weight excluding hydrogens is 216 g/mol. The number of phenolic OH excluding ortho intramolecular Hbond substituents is 1. The van der Waals surface area contributed by atoms with Gasteiger partial charge in [0.25, 0.3) is 0 Å². The van der Waals surface area contributed by atoms with E-state index < -0.39 is 5.97 Å². The highest BCUT2D eigenvalue weighted by Crippen LogP contribution is 2.46. The molecule has 0 radical (unpaired) electrons. The summed E-state index contributed by atoms with van der Waals surface area (Å²) in [5, 5.41) is 18.9. The number of fused-ring (bicyclic) bond motifs is 1. The molecule has 0 aromatic heterocycles. The van der Waals surface area contributed by atoms with Gasteiger partial charge in [-0.2, -0.15) is 0 Å². The van der Waals surface area contributed by atoms with E-state index in [9.17, 15) is 9.90 Å². The van der Waals surface area contributed by atoms with E-state index in [-0.39, 0.29) is 17.6 Å². The molecule has 17 heavy (non-hydrogen) atoms. The Morgan fingerprint density at radius 2 is 2.18 bits per heavy atom. The summed E-state index contributed by atoms with van der Waals surface area (Å²) in [6.45, 7) is 3.90. The Labute approximate surface area is 101 Å². The molecule has 1 atom stereocenters. The third-order valence-electron chi connectivity index (χ3n) is 4.03. The van der Waals surface area contributed by atoms with Gasteiger partial charge in [0.2, 0.25) is 0 Å². The molecule has 3 heteroatoms. The van der Waals surface area contributed by atoms with Gasteiger partial charge in [-0.3, -0.25) is 4.79 Å². The van der Waals surface area contributed by atoms with Crippen LogP contribution in [0.1, 0.15) is 42.9 Å². The lowest BCUT2D eigenvalue weighted by Crippen LogP contribution is -2.25. The Kier molecular flexibility index (Phi) is 2.86. The van der Waals surface area contributed by atoms with Crippen molar-refractivity contribution in [3.05, 3.63) is 28.8 Å². The normalized spacial score (nSPS) is 22.5. The highest BCUT2D eigenvalue weighted by molar-refractivity contribution is 5.70. The van der Waals surface area contributed by atoms with Crippen LogP contribution in [0.5, 0.6) is 5.75 Å². The number of carboxylic acid groups (broad SMARTS) is 1. The van der Waals surface area contributed by atoms with E-state index >= 15 is 0 Å². The lowest BCUT2D eigenvalue weighted by molar-refractivity contribution is -0.138. The molecule has 1 unspecified atom stereocenters. The van der Waals surface area contributed by atoms with E-state index in [1.54, 1.807) is 6.07 Å². The fraction of sp³-hybridized carbons (Fsp3) is 0.500.